The number of rotatable bonds is 4. The molecule has 1 aromatic heterocycles. The number of nitrogens with zero attached hydrogens (tertiary/aromatic N) is 1. The minimum absolute atomic E-state index is 0.386. The minimum atomic E-state index is 0.386. The summed E-state index contributed by atoms with van der Waals surface area (Å²) in [5.74, 6) is 2.50. The highest BCUT2D eigenvalue weighted by atomic mass is 15.0. The first-order valence-corrected chi connectivity index (χ1v) is 7.08. The van der Waals surface area contributed by atoms with Crippen molar-refractivity contribution >= 4 is 0 Å². The fraction of sp³-hybridized carbons (Fsp3) is 0.562. The summed E-state index contributed by atoms with van der Waals surface area (Å²) in [6.07, 6.45) is 11.4. The Morgan fingerprint density at radius 2 is 2.17 bits per heavy atom. The van der Waals surface area contributed by atoms with Gasteiger partial charge in [0.1, 0.15) is 0 Å². The molecule has 0 spiro atoms. The van der Waals surface area contributed by atoms with Crippen LogP contribution in [0.2, 0.25) is 0 Å². The molecule has 4 unspecified atom stereocenters. The van der Waals surface area contributed by atoms with Crippen LogP contribution in [-0.4, -0.2) is 11.0 Å². The normalized spacial score (nSPS) is 32.7. The van der Waals surface area contributed by atoms with E-state index in [1.165, 1.54) is 18.4 Å². The smallest absolute Gasteiger partial charge is 0.0315 e. The predicted molar refractivity (Wildman–Crippen MR) is 74.1 cm³/mol. The van der Waals surface area contributed by atoms with Crippen molar-refractivity contribution in [3.8, 4) is 0 Å². The Labute approximate surface area is 110 Å². The van der Waals surface area contributed by atoms with E-state index >= 15 is 0 Å². The Balaban J connectivity index is 1.61. The van der Waals surface area contributed by atoms with Crippen molar-refractivity contribution in [3.63, 3.8) is 0 Å². The van der Waals surface area contributed by atoms with Crippen molar-refractivity contribution in [3.05, 3.63) is 42.2 Å². The van der Waals surface area contributed by atoms with Gasteiger partial charge in [-0.1, -0.05) is 18.2 Å². The molecule has 0 aromatic carbocycles. The first kappa shape index (κ1) is 11.9. The van der Waals surface area contributed by atoms with Gasteiger partial charge >= 0.3 is 0 Å². The largest absolute Gasteiger partial charge is 0.307 e. The van der Waals surface area contributed by atoms with Crippen LogP contribution in [0.1, 0.15) is 38.3 Å². The van der Waals surface area contributed by atoms with Gasteiger partial charge in [0.05, 0.1) is 0 Å². The lowest BCUT2D eigenvalue weighted by Gasteiger charge is -2.29. The van der Waals surface area contributed by atoms with Crippen molar-refractivity contribution in [2.24, 2.45) is 17.8 Å². The Morgan fingerprint density at radius 3 is 2.78 bits per heavy atom. The van der Waals surface area contributed by atoms with E-state index in [0.29, 0.717) is 12.1 Å². The third-order valence-corrected chi connectivity index (χ3v) is 4.67. The summed E-state index contributed by atoms with van der Waals surface area (Å²) in [5.41, 5.74) is 1.28. The van der Waals surface area contributed by atoms with Crippen molar-refractivity contribution in [2.45, 2.75) is 38.8 Å². The zero-order valence-electron chi connectivity index (χ0n) is 11.2. The molecule has 2 aliphatic carbocycles. The molecule has 0 radical (unpaired) electrons. The molecule has 0 amide bonds. The standard InChI is InChI=1S/C16H22N2/c1-11(15-4-3-7-17-10-15)18-12(2)16-9-13-5-6-14(16)8-13/h3-7,10-14,16,18H,8-9H2,1-2H3/t11-,12?,13?,14?,16?/m1/s1. The SMILES string of the molecule is CC(N[C@H](C)c1cccnc1)C1CC2C=CC1C2. The molecule has 1 saturated carbocycles. The number of hydrogen-bond acceptors (Lipinski definition) is 2. The number of hydrogen-bond donors (Lipinski definition) is 1. The second kappa shape index (κ2) is 4.85. The van der Waals surface area contributed by atoms with Crippen LogP contribution in [0.4, 0.5) is 0 Å². The lowest BCUT2D eigenvalue weighted by Crippen LogP contribution is -2.37. The molecule has 18 heavy (non-hydrogen) atoms. The Hall–Kier alpha value is -1.15. The summed E-state index contributed by atoms with van der Waals surface area (Å²) < 4.78 is 0. The molecule has 2 bridgehead atoms. The highest BCUT2D eigenvalue weighted by Gasteiger charge is 2.38. The Kier molecular flexibility index (Phi) is 3.21. The second-order valence-corrected chi connectivity index (χ2v) is 5.91. The Morgan fingerprint density at radius 1 is 1.28 bits per heavy atom. The maximum atomic E-state index is 4.20. The fourth-order valence-corrected chi connectivity index (χ4v) is 3.64. The number of allylic oxidation sites excluding steroid dienone is 2. The van der Waals surface area contributed by atoms with Crippen molar-refractivity contribution < 1.29 is 0 Å². The lowest BCUT2D eigenvalue weighted by molar-refractivity contribution is 0.307. The van der Waals surface area contributed by atoms with E-state index in [1.54, 1.807) is 0 Å². The molecule has 1 aromatic rings. The second-order valence-electron chi connectivity index (χ2n) is 5.91. The van der Waals surface area contributed by atoms with Crippen LogP contribution in [0.15, 0.2) is 36.7 Å². The average Bonchev–Trinajstić information content (AvgIpc) is 3.02. The number of fused-ring (bicyclic) bond motifs is 2. The van der Waals surface area contributed by atoms with E-state index < -0.39 is 0 Å². The van der Waals surface area contributed by atoms with Gasteiger partial charge in [0, 0.05) is 24.5 Å². The molecule has 2 heteroatoms. The topological polar surface area (TPSA) is 24.9 Å². The first-order chi connectivity index (χ1) is 8.74. The number of aromatic nitrogens is 1. The van der Waals surface area contributed by atoms with Crippen LogP contribution in [0, 0.1) is 17.8 Å². The highest BCUT2D eigenvalue weighted by Crippen LogP contribution is 2.45. The maximum Gasteiger partial charge on any atom is 0.0315 e. The van der Waals surface area contributed by atoms with E-state index in [-0.39, 0.29) is 0 Å². The molecule has 0 saturated heterocycles. The highest BCUT2D eigenvalue weighted by molar-refractivity contribution is 5.15. The number of nitrogens with one attached hydrogen (secondary N) is 1. The molecular formula is C16H22N2. The van der Waals surface area contributed by atoms with E-state index in [4.69, 9.17) is 0 Å². The van der Waals surface area contributed by atoms with Crippen LogP contribution in [0.3, 0.4) is 0 Å². The van der Waals surface area contributed by atoms with Gasteiger partial charge in [0.25, 0.3) is 0 Å². The van der Waals surface area contributed by atoms with Crippen LogP contribution in [0.25, 0.3) is 0 Å². The van der Waals surface area contributed by atoms with E-state index in [1.807, 2.05) is 18.5 Å². The summed E-state index contributed by atoms with van der Waals surface area (Å²) >= 11 is 0. The monoisotopic (exact) mass is 242 g/mol. The third-order valence-electron chi connectivity index (χ3n) is 4.67. The molecule has 96 valence electrons. The molecule has 3 rings (SSSR count). The first-order valence-electron chi connectivity index (χ1n) is 7.08. The summed E-state index contributed by atoms with van der Waals surface area (Å²) in [6, 6.07) is 5.13. The molecule has 1 heterocycles. The molecule has 1 N–H and O–H groups in total. The zero-order valence-corrected chi connectivity index (χ0v) is 11.2. The third kappa shape index (κ3) is 2.22. The van der Waals surface area contributed by atoms with Gasteiger partial charge < -0.3 is 5.32 Å². The van der Waals surface area contributed by atoms with Crippen molar-refractivity contribution in [1.82, 2.24) is 10.3 Å². The molecule has 1 fully saturated rings. The van der Waals surface area contributed by atoms with Crippen LogP contribution < -0.4 is 5.32 Å². The molecule has 5 atom stereocenters. The van der Waals surface area contributed by atoms with Gasteiger partial charge in [-0.05, 0) is 56.1 Å². The summed E-state index contributed by atoms with van der Waals surface area (Å²) in [5, 5.41) is 3.75. The molecule has 2 nitrogen and oxygen atoms in total. The van der Waals surface area contributed by atoms with E-state index in [9.17, 15) is 0 Å². The van der Waals surface area contributed by atoms with Gasteiger partial charge in [-0.25, -0.2) is 0 Å². The summed E-state index contributed by atoms with van der Waals surface area (Å²) in [4.78, 5) is 4.20. The lowest BCUT2D eigenvalue weighted by atomic mass is 9.87. The van der Waals surface area contributed by atoms with Gasteiger partial charge in [-0.15, -0.1) is 0 Å². The van der Waals surface area contributed by atoms with Crippen LogP contribution in [-0.2, 0) is 0 Å². The fourth-order valence-electron chi connectivity index (χ4n) is 3.64. The van der Waals surface area contributed by atoms with Crippen molar-refractivity contribution in [1.29, 1.82) is 0 Å². The summed E-state index contributed by atoms with van der Waals surface area (Å²) in [7, 11) is 0. The van der Waals surface area contributed by atoms with Gasteiger partial charge in [0.2, 0.25) is 0 Å². The summed E-state index contributed by atoms with van der Waals surface area (Å²) in [6.45, 7) is 4.57. The zero-order chi connectivity index (χ0) is 12.5. The molecule has 2 aliphatic rings. The predicted octanol–water partition coefficient (Wildman–Crippen LogP) is 3.33. The molecular weight excluding hydrogens is 220 g/mol. The Bertz CT molecular complexity index is 426. The number of pyridine rings is 1. The van der Waals surface area contributed by atoms with Crippen molar-refractivity contribution in [2.75, 3.05) is 0 Å². The molecule has 0 aliphatic heterocycles. The van der Waals surface area contributed by atoms with Crippen LogP contribution >= 0.6 is 0 Å². The van der Waals surface area contributed by atoms with Crippen LogP contribution in [0.5, 0.6) is 0 Å². The van der Waals surface area contributed by atoms with E-state index in [2.05, 4.69) is 42.4 Å². The average molecular weight is 242 g/mol. The van der Waals surface area contributed by atoms with Gasteiger partial charge in [-0.3, -0.25) is 4.98 Å². The van der Waals surface area contributed by atoms with Gasteiger partial charge in [0.15, 0.2) is 0 Å². The maximum absolute atomic E-state index is 4.20. The van der Waals surface area contributed by atoms with Gasteiger partial charge in [-0.2, -0.15) is 0 Å². The minimum Gasteiger partial charge on any atom is -0.307 e. The quantitative estimate of drug-likeness (QED) is 0.819. The van der Waals surface area contributed by atoms with E-state index in [0.717, 1.165) is 17.8 Å².